The van der Waals surface area contributed by atoms with Gasteiger partial charge < -0.3 is 40.5 Å². The lowest BCUT2D eigenvalue weighted by Crippen LogP contribution is -2.55. The molecular formula is C48H54BBrN8O8. The normalized spacial score (nSPS) is 27.4. The first kappa shape index (κ1) is 46.8. The van der Waals surface area contributed by atoms with Crippen molar-refractivity contribution in [1.82, 2.24) is 10.1 Å². The molecule has 16 nitrogen and oxygen atoms in total. The van der Waals surface area contributed by atoms with Crippen LogP contribution in [-0.4, -0.2) is 88.9 Å². The van der Waals surface area contributed by atoms with Crippen LogP contribution in [0.1, 0.15) is 77.3 Å². The first-order chi connectivity index (χ1) is 31.2. The Morgan fingerprint density at radius 3 is 1.62 bits per heavy atom. The average molecular weight is 962 g/mol. The highest BCUT2D eigenvalue weighted by Gasteiger charge is 2.58. The van der Waals surface area contributed by atoms with E-state index in [0.717, 1.165) is 63.9 Å². The highest BCUT2D eigenvalue weighted by molar-refractivity contribution is 9.10. The van der Waals surface area contributed by atoms with Crippen molar-refractivity contribution in [2.75, 3.05) is 27.3 Å². The Hall–Kier alpha value is -5.70. The molecule has 0 amide bonds. The van der Waals surface area contributed by atoms with Crippen LogP contribution in [0.2, 0.25) is 0 Å². The van der Waals surface area contributed by atoms with Crippen LogP contribution >= 0.6 is 15.9 Å². The molecule has 0 radical (unpaired) electrons. The predicted molar refractivity (Wildman–Crippen MR) is 254 cm³/mol. The number of nitrogens with two attached hydrogens (primary N) is 2. The zero-order valence-corrected chi connectivity index (χ0v) is 39.5. The van der Waals surface area contributed by atoms with Crippen LogP contribution in [0.5, 0.6) is 11.5 Å². The van der Waals surface area contributed by atoms with Crippen molar-refractivity contribution in [3.8, 4) is 22.6 Å². The molecule has 2 fully saturated rings. The van der Waals surface area contributed by atoms with Crippen molar-refractivity contribution < 1.29 is 38.7 Å². The van der Waals surface area contributed by atoms with Crippen LogP contribution in [0.25, 0.3) is 20.8 Å². The Morgan fingerprint density at radius 2 is 1.14 bits per heavy atom. The van der Waals surface area contributed by atoms with Gasteiger partial charge in [0.2, 0.25) is 23.4 Å². The van der Waals surface area contributed by atoms with E-state index in [4.69, 9.17) is 73.3 Å². The van der Waals surface area contributed by atoms with Gasteiger partial charge in [-0.1, -0.05) is 64.5 Å². The number of nitrogens with zero attached hydrogens (tertiary/aromatic N) is 6. The topological polar surface area (TPSA) is 188 Å². The van der Waals surface area contributed by atoms with Crippen molar-refractivity contribution in [2.45, 2.75) is 100 Å². The lowest BCUT2D eigenvalue weighted by Gasteiger charge is -2.50. The fourth-order valence-electron chi connectivity index (χ4n) is 9.91. The van der Waals surface area contributed by atoms with Crippen molar-refractivity contribution in [3.05, 3.63) is 123 Å². The van der Waals surface area contributed by atoms with Gasteiger partial charge in [-0.25, -0.2) is 39.5 Å². The molecule has 6 heterocycles. The maximum Gasteiger partial charge on any atom is 0.487 e. The number of ether oxygens (including phenoxy) is 4. The Balaban J connectivity index is 0.000000149. The lowest BCUT2D eigenvalue weighted by molar-refractivity contribution is -0.225. The molecule has 4 spiro atoms. The van der Waals surface area contributed by atoms with Crippen LogP contribution in [0.15, 0.2) is 99.4 Å². The minimum absolute atomic E-state index is 0.244. The Morgan fingerprint density at radius 1 is 0.652 bits per heavy atom. The smallest absolute Gasteiger partial charge is 0.486 e. The Bertz CT molecular complexity index is 2670. The Kier molecular flexibility index (Phi) is 12.4. The van der Waals surface area contributed by atoms with Gasteiger partial charge in [-0.15, -0.1) is 0 Å². The lowest BCUT2D eigenvalue weighted by atomic mass is 9.75. The number of hydrogen-bond donors (Lipinski definition) is 4. The van der Waals surface area contributed by atoms with Gasteiger partial charge in [0, 0.05) is 57.1 Å². The molecule has 6 N–H and O–H groups in total. The second-order valence-corrected chi connectivity index (χ2v) is 19.7. The summed E-state index contributed by atoms with van der Waals surface area (Å²) in [6, 6.07) is 25.8. The van der Waals surface area contributed by atoms with Crippen molar-refractivity contribution >= 4 is 51.8 Å². The van der Waals surface area contributed by atoms with Crippen LogP contribution in [0.3, 0.4) is 0 Å². The van der Waals surface area contributed by atoms with Gasteiger partial charge in [-0.05, 0) is 80.7 Å². The summed E-state index contributed by atoms with van der Waals surface area (Å²) in [5, 5.41) is 20.5. The van der Waals surface area contributed by atoms with Gasteiger partial charge in [0.05, 0.1) is 48.7 Å². The molecule has 66 heavy (non-hydrogen) atoms. The monoisotopic (exact) mass is 960 g/mol. The van der Waals surface area contributed by atoms with Crippen molar-refractivity contribution in [2.24, 2.45) is 21.5 Å². The zero-order valence-electron chi connectivity index (χ0n) is 37.9. The van der Waals surface area contributed by atoms with E-state index in [2.05, 4.69) is 53.3 Å². The summed E-state index contributed by atoms with van der Waals surface area (Å²) in [6.45, 7) is 23.6. The van der Waals surface area contributed by atoms with E-state index >= 15 is 0 Å². The number of hydrogen-bond acceptors (Lipinski definition) is 14. The third-order valence-electron chi connectivity index (χ3n) is 12.6. The summed E-state index contributed by atoms with van der Waals surface area (Å²) in [4.78, 5) is 28.6. The SMILES string of the molecule is CN1OC2(CC3(CCOC(C)(C)C3)Oc3ccc(Br)cc32)N=C1N.[C-]#[N+]c1cccc(-c2ccc3c(c2)C2(CC4(CCOC(C)(C)C4)O3)N=C(N)N(C)O2)c1.[C-]#[N+]c1cccc(B(O)O)c1. The second-order valence-electron chi connectivity index (χ2n) is 18.8. The van der Waals surface area contributed by atoms with Crippen LogP contribution in [0, 0.1) is 13.1 Å². The molecule has 2 saturated heterocycles. The molecule has 0 bridgehead atoms. The predicted octanol–water partition coefficient (Wildman–Crippen LogP) is 7.18. The van der Waals surface area contributed by atoms with Crippen LogP contribution in [-0.2, 0) is 30.6 Å². The number of aliphatic imine (C=N–C) groups is 2. The summed E-state index contributed by atoms with van der Waals surface area (Å²) in [5.41, 5.74) is 14.1. The highest BCUT2D eigenvalue weighted by atomic mass is 79.9. The molecule has 0 aromatic heterocycles. The molecule has 344 valence electrons. The van der Waals surface area contributed by atoms with Gasteiger partial charge in [-0.2, -0.15) is 0 Å². The van der Waals surface area contributed by atoms with Crippen LogP contribution < -0.4 is 26.4 Å². The summed E-state index contributed by atoms with van der Waals surface area (Å²) >= 11 is 3.53. The van der Waals surface area contributed by atoms with E-state index in [9.17, 15) is 0 Å². The van der Waals surface area contributed by atoms with E-state index in [-0.39, 0.29) is 16.8 Å². The third-order valence-corrected chi connectivity index (χ3v) is 13.0. The molecule has 4 aromatic carbocycles. The van der Waals surface area contributed by atoms with Gasteiger partial charge in [0.25, 0.3) is 0 Å². The minimum Gasteiger partial charge on any atom is -0.486 e. The van der Waals surface area contributed by atoms with E-state index in [1.165, 1.54) is 16.2 Å². The maximum atomic E-state index is 8.70. The van der Waals surface area contributed by atoms with E-state index in [1.54, 1.807) is 38.4 Å². The molecule has 4 unspecified atom stereocenters. The fraction of sp³-hybridized carbons (Fsp3) is 0.417. The molecule has 0 saturated carbocycles. The number of rotatable bonds is 2. The maximum absolute atomic E-state index is 8.70. The van der Waals surface area contributed by atoms with E-state index in [0.29, 0.717) is 54.8 Å². The van der Waals surface area contributed by atoms with Gasteiger partial charge in [0.15, 0.2) is 11.4 Å². The molecule has 6 aliphatic rings. The molecule has 4 aromatic rings. The second kappa shape index (κ2) is 17.5. The molecular weight excluding hydrogens is 907 g/mol. The van der Waals surface area contributed by atoms with Gasteiger partial charge in [-0.3, -0.25) is 0 Å². The summed E-state index contributed by atoms with van der Waals surface area (Å²) < 4.78 is 26.0. The fourth-order valence-corrected chi connectivity index (χ4v) is 10.3. The van der Waals surface area contributed by atoms with E-state index < -0.39 is 24.2 Å². The van der Waals surface area contributed by atoms with E-state index in [1.807, 2.05) is 54.6 Å². The largest absolute Gasteiger partial charge is 0.487 e. The van der Waals surface area contributed by atoms with Gasteiger partial charge in [0.1, 0.15) is 22.7 Å². The quantitative estimate of drug-likeness (QED) is 0.117. The van der Waals surface area contributed by atoms with Crippen molar-refractivity contribution in [1.29, 1.82) is 0 Å². The molecule has 6 aliphatic heterocycles. The number of hydroxylamine groups is 4. The molecule has 18 heteroatoms. The van der Waals surface area contributed by atoms with Gasteiger partial charge >= 0.3 is 7.12 Å². The average Bonchev–Trinajstić information content (AvgIpc) is 3.71. The standard InChI is InChI=1S/C24H26N4O3.C17H22BrN3O3.C7H6BNO2/c1-22(2)14-23(10-11-29-22)15-24(27-21(25)28(4)31-24)19-13-17(8-9-20(19)30-23)16-6-5-7-18(12-16)26-3;1-15(2)9-16(6-7-22-15)10-17(20-14(19)21(3)24-17)12-8-11(18)4-5-13(12)23-16;1-9-7-4-2-3-6(5-7)8(10)11/h5-9,12-13H,10-11,14-15H2,1-2,4H3,(H2,25,27);4-5,8H,6-7,9-10H2,1-3H3,(H2,19,20);2-5,10-11H. The summed E-state index contributed by atoms with van der Waals surface area (Å²) in [5.74, 6) is 2.27. The number of benzene rings is 4. The number of guanidine groups is 2. The Labute approximate surface area is 393 Å². The molecule has 0 aliphatic carbocycles. The summed E-state index contributed by atoms with van der Waals surface area (Å²) in [6.07, 6.45) is 4.24. The summed E-state index contributed by atoms with van der Waals surface area (Å²) in [7, 11) is 2.06. The minimum atomic E-state index is -1.49. The first-order valence-corrected chi connectivity index (χ1v) is 22.5. The van der Waals surface area contributed by atoms with Crippen LogP contribution in [0.4, 0.5) is 11.4 Å². The molecule has 10 rings (SSSR count). The number of halogens is 1. The third kappa shape index (κ3) is 9.45. The molecule has 4 atom stereocenters. The number of fused-ring (bicyclic) bond motifs is 4. The highest BCUT2D eigenvalue weighted by Crippen LogP contribution is 2.55. The van der Waals surface area contributed by atoms with Crippen molar-refractivity contribution in [3.63, 3.8) is 0 Å². The zero-order chi connectivity index (χ0) is 47.3. The first-order valence-electron chi connectivity index (χ1n) is 21.7.